The normalized spacial score (nSPS) is 15.3. The number of non-ortho nitro benzene ring substituents is 1. The van der Waals surface area contributed by atoms with E-state index in [4.69, 9.17) is 0 Å². The molecule has 2 rings (SSSR count). The number of rotatable bonds is 8. The lowest BCUT2D eigenvalue weighted by Crippen LogP contribution is -2.49. The van der Waals surface area contributed by atoms with Gasteiger partial charge in [-0.15, -0.1) is 0 Å². The predicted octanol–water partition coefficient (Wildman–Crippen LogP) is 2.02. The third-order valence-electron chi connectivity index (χ3n) is 4.27. The molecule has 7 nitrogen and oxygen atoms in total. The smallest absolute Gasteiger partial charge is 0.269 e. The van der Waals surface area contributed by atoms with Crippen LogP contribution < -0.4 is 10.2 Å². The number of hydrogen-bond acceptors (Lipinski definition) is 5. The zero-order valence-electron chi connectivity index (χ0n) is 14.2. The highest BCUT2D eigenvalue weighted by Gasteiger charge is 2.19. The summed E-state index contributed by atoms with van der Waals surface area (Å²) in [6.07, 6.45) is 3.34. The van der Waals surface area contributed by atoms with Crippen molar-refractivity contribution in [1.82, 2.24) is 10.2 Å². The highest BCUT2D eigenvalue weighted by atomic mass is 16.6. The fourth-order valence-corrected chi connectivity index (χ4v) is 2.81. The highest BCUT2D eigenvalue weighted by molar-refractivity contribution is 5.78. The minimum Gasteiger partial charge on any atom is -0.369 e. The van der Waals surface area contributed by atoms with Crippen molar-refractivity contribution in [3.8, 4) is 0 Å². The van der Waals surface area contributed by atoms with Crippen LogP contribution in [0.2, 0.25) is 0 Å². The summed E-state index contributed by atoms with van der Waals surface area (Å²) in [5.41, 5.74) is 1.10. The Labute approximate surface area is 142 Å². The molecule has 0 bridgehead atoms. The second kappa shape index (κ2) is 9.22. The van der Waals surface area contributed by atoms with E-state index in [1.165, 1.54) is 12.1 Å². The maximum Gasteiger partial charge on any atom is 0.269 e. The van der Waals surface area contributed by atoms with Crippen LogP contribution in [0, 0.1) is 10.1 Å². The number of carbonyl (C=O) groups is 1. The van der Waals surface area contributed by atoms with E-state index >= 15 is 0 Å². The molecule has 1 aliphatic heterocycles. The molecule has 0 saturated carbocycles. The Bertz CT molecular complexity index is 539. The standard InChI is InChI=1S/C17H26N4O3/c1-2-3-4-9-18-17(22)14-19-10-12-20(13-11-19)15-5-7-16(8-6-15)21(23)24/h5-8H,2-4,9-14H2,1H3,(H,18,22). The van der Waals surface area contributed by atoms with Crippen LogP contribution in [0.4, 0.5) is 11.4 Å². The number of unbranched alkanes of at least 4 members (excludes halogenated alkanes) is 2. The number of nitro groups is 1. The Morgan fingerprint density at radius 2 is 1.83 bits per heavy atom. The maximum absolute atomic E-state index is 11.9. The summed E-state index contributed by atoms with van der Waals surface area (Å²) in [6, 6.07) is 6.64. The van der Waals surface area contributed by atoms with Crippen molar-refractivity contribution in [3.05, 3.63) is 34.4 Å². The zero-order chi connectivity index (χ0) is 17.4. The highest BCUT2D eigenvalue weighted by Crippen LogP contribution is 2.20. The van der Waals surface area contributed by atoms with Crippen LogP contribution in [0.5, 0.6) is 0 Å². The summed E-state index contributed by atoms with van der Waals surface area (Å²) in [7, 11) is 0. The second-order valence-corrected chi connectivity index (χ2v) is 6.09. The van der Waals surface area contributed by atoms with Crippen LogP contribution in [0.25, 0.3) is 0 Å². The first-order valence-corrected chi connectivity index (χ1v) is 8.58. The van der Waals surface area contributed by atoms with E-state index < -0.39 is 0 Å². The SMILES string of the molecule is CCCCCNC(=O)CN1CCN(c2ccc([N+](=O)[O-])cc2)CC1. The van der Waals surface area contributed by atoms with Gasteiger partial charge in [0.2, 0.25) is 5.91 Å². The number of piperazine rings is 1. The maximum atomic E-state index is 11.9. The summed E-state index contributed by atoms with van der Waals surface area (Å²) in [4.78, 5) is 26.5. The number of carbonyl (C=O) groups excluding carboxylic acids is 1. The third-order valence-corrected chi connectivity index (χ3v) is 4.27. The molecule has 7 heteroatoms. The monoisotopic (exact) mass is 334 g/mol. The number of nitro benzene ring substituents is 1. The molecule has 1 heterocycles. The molecule has 0 radical (unpaired) electrons. The molecule has 1 fully saturated rings. The van der Waals surface area contributed by atoms with Crippen LogP contribution in [0.15, 0.2) is 24.3 Å². The molecule has 0 aromatic heterocycles. The van der Waals surface area contributed by atoms with Gasteiger partial charge < -0.3 is 10.2 Å². The lowest BCUT2D eigenvalue weighted by molar-refractivity contribution is -0.384. The molecule has 0 aliphatic carbocycles. The summed E-state index contributed by atoms with van der Waals surface area (Å²) in [5, 5.41) is 13.7. The van der Waals surface area contributed by atoms with Crippen LogP contribution in [-0.4, -0.2) is 55.0 Å². The largest absolute Gasteiger partial charge is 0.369 e. The van der Waals surface area contributed by atoms with Crippen LogP contribution in [0.3, 0.4) is 0 Å². The molecule has 132 valence electrons. The topological polar surface area (TPSA) is 78.7 Å². The number of hydrogen-bond donors (Lipinski definition) is 1. The molecule has 1 aromatic rings. The van der Waals surface area contributed by atoms with Crippen LogP contribution in [0.1, 0.15) is 26.2 Å². The molecule has 0 unspecified atom stereocenters. The fourth-order valence-electron chi connectivity index (χ4n) is 2.81. The van der Waals surface area contributed by atoms with Crippen molar-refractivity contribution in [2.45, 2.75) is 26.2 Å². The molecule has 1 saturated heterocycles. The molecule has 1 aromatic carbocycles. The van der Waals surface area contributed by atoms with Gasteiger partial charge in [0.05, 0.1) is 11.5 Å². The number of nitrogens with zero attached hydrogens (tertiary/aromatic N) is 3. The van der Waals surface area contributed by atoms with Crippen molar-refractivity contribution < 1.29 is 9.72 Å². The first kappa shape index (κ1) is 18.2. The number of nitrogens with one attached hydrogen (secondary N) is 1. The number of amides is 1. The van der Waals surface area contributed by atoms with Gasteiger partial charge in [-0.1, -0.05) is 19.8 Å². The summed E-state index contributed by atoms with van der Waals surface area (Å²) < 4.78 is 0. The molecule has 24 heavy (non-hydrogen) atoms. The summed E-state index contributed by atoms with van der Waals surface area (Å²) in [6.45, 7) is 6.63. The van der Waals surface area contributed by atoms with E-state index in [0.29, 0.717) is 6.54 Å². The number of benzene rings is 1. The van der Waals surface area contributed by atoms with Crippen molar-refractivity contribution in [3.63, 3.8) is 0 Å². The quantitative estimate of drug-likeness (QED) is 0.447. The molecular weight excluding hydrogens is 308 g/mol. The van der Waals surface area contributed by atoms with Gasteiger partial charge in [-0.05, 0) is 18.6 Å². The first-order valence-electron chi connectivity index (χ1n) is 8.58. The molecule has 0 spiro atoms. The molecule has 1 N–H and O–H groups in total. The Morgan fingerprint density at radius 1 is 1.17 bits per heavy atom. The van der Waals surface area contributed by atoms with Gasteiger partial charge in [0.1, 0.15) is 0 Å². The predicted molar refractivity (Wildman–Crippen MR) is 94.3 cm³/mol. The van der Waals surface area contributed by atoms with Gasteiger partial charge in [0, 0.05) is 50.5 Å². The van der Waals surface area contributed by atoms with Gasteiger partial charge in [0.15, 0.2) is 0 Å². The van der Waals surface area contributed by atoms with E-state index in [1.54, 1.807) is 12.1 Å². The van der Waals surface area contributed by atoms with Gasteiger partial charge in [0.25, 0.3) is 5.69 Å². The van der Waals surface area contributed by atoms with Crippen molar-refractivity contribution in [1.29, 1.82) is 0 Å². The van der Waals surface area contributed by atoms with Crippen molar-refractivity contribution >= 4 is 17.3 Å². The average molecular weight is 334 g/mol. The first-order chi connectivity index (χ1) is 11.6. The van der Waals surface area contributed by atoms with E-state index in [1.807, 2.05) is 0 Å². The van der Waals surface area contributed by atoms with E-state index in [9.17, 15) is 14.9 Å². The lowest BCUT2D eigenvalue weighted by atomic mass is 10.2. The minimum absolute atomic E-state index is 0.0925. The number of anilines is 1. The van der Waals surface area contributed by atoms with Crippen molar-refractivity contribution in [2.75, 3.05) is 44.2 Å². The van der Waals surface area contributed by atoms with Gasteiger partial charge in [-0.3, -0.25) is 19.8 Å². The zero-order valence-corrected chi connectivity index (χ0v) is 14.2. The van der Waals surface area contributed by atoms with E-state index in [0.717, 1.165) is 57.7 Å². The molecule has 1 aliphatic rings. The van der Waals surface area contributed by atoms with Crippen LogP contribution >= 0.6 is 0 Å². The Hall–Kier alpha value is -2.15. The molecular formula is C17H26N4O3. The second-order valence-electron chi connectivity index (χ2n) is 6.09. The summed E-state index contributed by atoms with van der Waals surface area (Å²) >= 11 is 0. The Morgan fingerprint density at radius 3 is 2.42 bits per heavy atom. The lowest BCUT2D eigenvalue weighted by Gasteiger charge is -2.35. The minimum atomic E-state index is -0.388. The summed E-state index contributed by atoms with van der Waals surface area (Å²) in [5.74, 6) is 0.0925. The molecule has 0 atom stereocenters. The third kappa shape index (κ3) is 5.49. The molecule has 1 amide bonds. The van der Waals surface area contributed by atoms with Gasteiger partial charge in [-0.2, -0.15) is 0 Å². The fraction of sp³-hybridized carbons (Fsp3) is 0.588. The van der Waals surface area contributed by atoms with Gasteiger partial charge in [-0.25, -0.2) is 0 Å². The van der Waals surface area contributed by atoms with Crippen molar-refractivity contribution in [2.24, 2.45) is 0 Å². The van der Waals surface area contributed by atoms with E-state index in [2.05, 4.69) is 22.0 Å². The van der Waals surface area contributed by atoms with E-state index in [-0.39, 0.29) is 16.5 Å². The Kier molecular flexibility index (Phi) is 6.99. The average Bonchev–Trinajstić information content (AvgIpc) is 2.59. The van der Waals surface area contributed by atoms with Gasteiger partial charge >= 0.3 is 0 Å². The Balaban J connectivity index is 1.73. The van der Waals surface area contributed by atoms with Crippen LogP contribution in [-0.2, 0) is 4.79 Å².